The van der Waals surface area contributed by atoms with Gasteiger partial charge in [-0.15, -0.1) is 0 Å². The number of ether oxygens (including phenoxy) is 1. The van der Waals surface area contributed by atoms with Crippen LogP contribution in [0.25, 0.3) is 10.9 Å². The van der Waals surface area contributed by atoms with E-state index in [1.54, 1.807) is 28.8 Å². The number of carbonyl (C=O) groups is 2. The minimum absolute atomic E-state index is 0.0270. The molecule has 0 atom stereocenters. The number of halogens is 3. The monoisotopic (exact) mass is 583 g/mol. The van der Waals surface area contributed by atoms with E-state index in [0.29, 0.717) is 28.9 Å². The number of piperidine rings is 1. The van der Waals surface area contributed by atoms with Gasteiger partial charge < -0.3 is 24.8 Å². The Morgan fingerprint density at radius 3 is 2.36 bits per heavy atom. The first-order chi connectivity index (χ1) is 19.8. The van der Waals surface area contributed by atoms with Crippen LogP contribution in [0.4, 0.5) is 18.0 Å². The topological polar surface area (TPSA) is 99.4 Å². The molecule has 0 unspecified atom stereocenters. The molecule has 0 spiro atoms. The van der Waals surface area contributed by atoms with Crippen molar-refractivity contribution in [3.05, 3.63) is 70.9 Å². The molecule has 0 saturated carbocycles. The predicted octanol–water partition coefficient (Wildman–Crippen LogP) is 5.69. The number of alkyl halides is 3. The number of nitrogens with one attached hydrogen (secondary N) is 2. The maximum atomic E-state index is 13.5. The standard InChI is InChI=1S/C31H36F3N5O3/c1-30(2,3)42-29(41)36-13-4-14-38-15-11-25(12-16-38)37-28(40)27-18-23-8-5-22(19-35)17-26(23)39(27)20-21-6-9-24(10-7-21)31(32,33)34/h5-10,17-18,25H,4,11-16,20H2,1-3H3,(H,36,41)(H,37,40). The molecule has 1 aliphatic rings. The average molecular weight is 584 g/mol. The largest absolute Gasteiger partial charge is 0.444 e. The van der Waals surface area contributed by atoms with Crippen LogP contribution >= 0.6 is 0 Å². The summed E-state index contributed by atoms with van der Waals surface area (Å²) < 4.78 is 46.1. The molecule has 1 aromatic heterocycles. The normalized spacial score (nSPS) is 14.9. The van der Waals surface area contributed by atoms with Crippen LogP contribution in [-0.4, -0.2) is 59.3 Å². The van der Waals surface area contributed by atoms with Gasteiger partial charge in [-0.1, -0.05) is 18.2 Å². The molecule has 42 heavy (non-hydrogen) atoms. The fourth-order valence-electron chi connectivity index (χ4n) is 5.03. The molecule has 1 aliphatic heterocycles. The molecule has 2 heterocycles. The number of fused-ring (bicyclic) bond motifs is 1. The summed E-state index contributed by atoms with van der Waals surface area (Å²) in [6, 6.07) is 13.8. The second-order valence-corrected chi connectivity index (χ2v) is 11.6. The lowest BCUT2D eigenvalue weighted by atomic mass is 10.0. The van der Waals surface area contributed by atoms with E-state index in [1.807, 2.05) is 20.8 Å². The summed E-state index contributed by atoms with van der Waals surface area (Å²) in [6.07, 6.45) is -2.54. The third-order valence-corrected chi connectivity index (χ3v) is 7.13. The van der Waals surface area contributed by atoms with Crippen molar-refractivity contribution < 1.29 is 27.5 Å². The minimum Gasteiger partial charge on any atom is -0.444 e. The average Bonchev–Trinajstić information content (AvgIpc) is 3.28. The number of rotatable bonds is 8. The zero-order chi connectivity index (χ0) is 30.5. The van der Waals surface area contributed by atoms with E-state index < -0.39 is 23.4 Å². The van der Waals surface area contributed by atoms with Crippen LogP contribution in [0.2, 0.25) is 0 Å². The van der Waals surface area contributed by atoms with Gasteiger partial charge in [-0.2, -0.15) is 18.4 Å². The Morgan fingerprint density at radius 2 is 1.74 bits per heavy atom. The van der Waals surface area contributed by atoms with Gasteiger partial charge in [0.05, 0.1) is 22.7 Å². The maximum Gasteiger partial charge on any atom is 0.416 e. The highest BCUT2D eigenvalue weighted by Gasteiger charge is 2.30. The summed E-state index contributed by atoms with van der Waals surface area (Å²) in [7, 11) is 0. The molecule has 2 N–H and O–H groups in total. The van der Waals surface area contributed by atoms with Gasteiger partial charge in [0.25, 0.3) is 5.91 Å². The van der Waals surface area contributed by atoms with Crippen molar-refractivity contribution in [3.63, 3.8) is 0 Å². The summed E-state index contributed by atoms with van der Waals surface area (Å²) in [5, 5.41) is 16.1. The first-order valence-electron chi connectivity index (χ1n) is 14.0. The van der Waals surface area contributed by atoms with Crippen LogP contribution in [0.3, 0.4) is 0 Å². The van der Waals surface area contributed by atoms with Gasteiger partial charge in [0.15, 0.2) is 0 Å². The lowest BCUT2D eigenvalue weighted by Gasteiger charge is -2.32. The SMILES string of the molecule is CC(C)(C)OC(=O)NCCCN1CCC(NC(=O)c2cc3ccc(C#N)cc3n2Cc2ccc(C(F)(F)F)cc2)CC1. The van der Waals surface area contributed by atoms with Crippen molar-refractivity contribution >= 4 is 22.9 Å². The molecule has 0 aliphatic carbocycles. The number of aromatic nitrogens is 1. The summed E-state index contributed by atoms with van der Waals surface area (Å²) in [5.74, 6) is -0.267. The molecule has 1 saturated heterocycles. The van der Waals surface area contributed by atoms with Gasteiger partial charge in [-0.25, -0.2) is 4.79 Å². The van der Waals surface area contributed by atoms with Crippen LogP contribution < -0.4 is 10.6 Å². The van der Waals surface area contributed by atoms with E-state index in [9.17, 15) is 28.0 Å². The van der Waals surface area contributed by atoms with Crippen molar-refractivity contribution in [1.82, 2.24) is 20.1 Å². The van der Waals surface area contributed by atoms with Gasteiger partial charge in [-0.3, -0.25) is 4.79 Å². The molecule has 1 fully saturated rings. The number of carbonyl (C=O) groups excluding carboxylic acids is 2. The van der Waals surface area contributed by atoms with Crippen molar-refractivity contribution in [1.29, 1.82) is 5.26 Å². The Morgan fingerprint density at radius 1 is 1.05 bits per heavy atom. The smallest absolute Gasteiger partial charge is 0.416 e. The maximum absolute atomic E-state index is 13.5. The van der Waals surface area contributed by atoms with Crippen molar-refractivity contribution in [3.8, 4) is 6.07 Å². The third kappa shape index (κ3) is 8.26. The fourth-order valence-corrected chi connectivity index (χ4v) is 5.03. The number of alkyl carbamates (subject to hydrolysis) is 1. The molecule has 8 nitrogen and oxygen atoms in total. The van der Waals surface area contributed by atoms with Crippen LogP contribution in [0.1, 0.15) is 67.2 Å². The van der Waals surface area contributed by atoms with Gasteiger partial charge in [0.1, 0.15) is 11.3 Å². The van der Waals surface area contributed by atoms with E-state index in [4.69, 9.17) is 4.74 Å². The van der Waals surface area contributed by atoms with E-state index in [2.05, 4.69) is 21.6 Å². The Bertz CT molecular complexity index is 1440. The van der Waals surface area contributed by atoms with Gasteiger partial charge in [0.2, 0.25) is 0 Å². The number of hydrogen-bond acceptors (Lipinski definition) is 5. The molecule has 3 aromatic rings. The summed E-state index contributed by atoms with van der Waals surface area (Å²) in [5.41, 5.74) is 0.803. The zero-order valence-electron chi connectivity index (χ0n) is 24.1. The zero-order valence-corrected chi connectivity index (χ0v) is 24.1. The lowest BCUT2D eigenvalue weighted by molar-refractivity contribution is -0.137. The Labute approximate surface area is 243 Å². The molecule has 2 amide bonds. The highest BCUT2D eigenvalue weighted by molar-refractivity contribution is 5.99. The van der Waals surface area contributed by atoms with Crippen LogP contribution in [0, 0.1) is 11.3 Å². The molecule has 0 radical (unpaired) electrons. The molecule has 0 bridgehead atoms. The van der Waals surface area contributed by atoms with Crippen molar-refractivity contribution in [2.24, 2.45) is 0 Å². The number of nitrogens with zero attached hydrogens (tertiary/aromatic N) is 3. The molecule has 2 aromatic carbocycles. The van der Waals surface area contributed by atoms with Crippen LogP contribution in [0.15, 0.2) is 48.5 Å². The van der Waals surface area contributed by atoms with Crippen LogP contribution in [0.5, 0.6) is 0 Å². The Balaban J connectivity index is 1.37. The molecule has 4 rings (SSSR count). The minimum atomic E-state index is -4.43. The van der Waals surface area contributed by atoms with E-state index in [0.717, 1.165) is 56.4 Å². The number of hydrogen-bond donors (Lipinski definition) is 2. The summed E-state index contributed by atoms with van der Waals surface area (Å²) in [6.45, 7) is 8.57. The third-order valence-electron chi connectivity index (χ3n) is 7.13. The van der Waals surface area contributed by atoms with E-state index >= 15 is 0 Å². The van der Waals surface area contributed by atoms with E-state index in [-0.39, 0.29) is 18.5 Å². The highest BCUT2D eigenvalue weighted by Crippen LogP contribution is 2.30. The fraction of sp³-hybridized carbons (Fsp3) is 0.452. The van der Waals surface area contributed by atoms with Gasteiger partial charge >= 0.3 is 12.3 Å². The quantitative estimate of drug-likeness (QED) is 0.332. The Hall–Kier alpha value is -4.04. The van der Waals surface area contributed by atoms with Gasteiger partial charge in [0, 0.05) is 37.6 Å². The van der Waals surface area contributed by atoms with Crippen molar-refractivity contribution in [2.45, 2.75) is 64.4 Å². The second kappa shape index (κ2) is 12.9. The summed E-state index contributed by atoms with van der Waals surface area (Å²) in [4.78, 5) is 27.6. The first kappa shape index (κ1) is 30.9. The van der Waals surface area contributed by atoms with E-state index in [1.165, 1.54) is 12.1 Å². The molecular weight excluding hydrogens is 547 g/mol. The van der Waals surface area contributed by atoms with Crippen LogP contribution in [-0.2, 0) is 17.5 Å². The second-order valence-electron chi connectivity index (χ2n) is 11.6. The molecular formula is C31H36F3N5O3. The Kier molecular flexibility index (Phi) is 9.46. The highest BCUT2D eigenvalue weighted by atomic mass is 19.4. The molecule has 11 heteroatoms. The van der Waals surface area contributed by atoms with Gasteiger partial charge in [-0.05, 0) is 82.5 Å². The number of nitriles is 1. The number of likely N-dealkylation sites (tertiary alicyclic amines) is 1. The summed E-state index contributed by atoms with van der Waals surface area (Å²) >= 11 is 0. The number of benzene rings is 2. The van der Waals surface area contributed by atoms with Crippen molar-refractivity contribution in [2.75, 3.05) is 26.2 Å². The first-order valence-corrected chi connectivity index (χ1v) is 14.0. The lowest BCUT2D eigenvalue weighted by Crippen LogP contribution is -2.45. The number of amides is 2. The predicted molar refractivity (Wildman–Crippen MR) is 153 cm³/mol. The molecule has 224 valence electrons.